The molecule has 0 atom stereocenters. The molecule has 134 valence electrons. The average molecular weight is 369 g/mol. The molecule has 7 heteroatoms. The summed E-state index contributed by atoms with van der Waals surface area (Å²) >= 11 is 1.17. The molecule has 3 aromatic rings. The largest absolute Gasteiger partial charge is 0.493 e. The van der Waals surface area contributed by atoms with Crippen LogP contribution in [0.15, 0.2) is 36.9 Å². The van der Waals surface area contributed by atoms with Gasteiger partial charge in [-0.3, -0.25) is 0 Å². The lowest BCUT2D eigenvalue weighted by atomic mass is 10.0. The van der Waals surface area contributed by atoms with Gasteiger partial charge in [0.25, 0.3) is 0 Å². The number of ether oxygens (including phenoxy) is 1. The number of hydrogen-bond donors (Lipinski definition) is 1. The van der Waals surface area contributed by atoms with E-state index in [9.17, 15) is 9.90 Å². The summed E-state index contributed by atoms with van der Waals surface area (Å²) in [5.41, 5.74) is 3.04. The molecule has 3 rings (SSSR count). The monoisotopic (exact) mass is 369 g/mol. The quantitative estimate of drug-likeness (QED) is 0.697. The summed E-state index contributed by atoms with van der Waals surface area (Å²) in [7, 11) is 0. The molecule has 26 heavy (non-hydrogen) atoms. The Bertz CT molecular complexity index is 923. The predicted molar refractivity (Wildman–Crippen MR) is 101 cm³/mol. The van der Waals surface area contributed by atoms with Crippen molar-refractivity contribution in [3.8, 4) is 27.4 Å². The molecule has 0 saturated carbocycles. The molecule has 1 N–H and O–H groups in total. The van der Waals surface area contributed by atoms with Gasteiger partial charge in [0.15, 0.2) is 0 Å². The van der Waals surface area contributed by atoms with Gasteiger partial charge in [-0.2, -0.15) is 0 Å². The maximum atomic E-state index is 11.3. The van der Waals surface area contributed by atoms with Crippen LogP contribution < -0.4 is 4.74 Å². The zero-order valence-electron chi connectivity index (χ0n) is 14.8. The second-order valence-electron chi connectivity index (χ2n) is 6.28. The van der Waals surface area contributed by atoms with Crippen molar-refractivity contribution in [2.24, 2.45) is 5.92 Å². The maximum absolute atomic E-state index is 11.3. The molecule has 0 fully saturated rings. The van der Waals surface area contributed by atoms with Crippen LogP contribution in [0.1, 0.15) is 29.2 Å². The van der Waals surface area contributed by atoms with E-state index >= 15 is 0 Å². The summed E-state index contributed by atoms with van der Waals surface area (Å²) < 4.78 is 5.94. The third-order valence-electron chi connectivity index (χ3n) is 3.66. The third kappa shape index (κ3) is 3.88. The van der Waals surface area contributed by atoms with Crippen molar-refractivity contribution in [3.63, 3.8) is 0 Å². The predicted octanol–water partition coefficient (Wildman–Crippen LogP) is 4.31. The van der Waals surface area contributed by atoms with Crippen LogP contribution in [0.5, 0.6) is 5.75 Å². The first kappa shape index (κ1) is 18.0. The minimum absolute atomic E-state index is 0.254. The highest BCUT2D eigenvalue weighted by atomic mass is 32.1. The van der Waals surface area contributed by atoms with E-state index in [1.54, 1.807) is 19.3 Å². The van der Waals surface area contributed by atoms with Crippen LogP contribution in [-0.2, 0) is 0 Å². The van der Waals surface area contributed by atoms with Gasteiger partial charge in [0.05, 0.1) is 12.3 Å². The van der Waals surface area contributed by atoms with Crippen molar-refractivity contribution in [1.29, 1.82) is 0 Å². The summed E-state index contributed by atoms with van der Waals surface area (Å²) in [6.45, 7) is 6.48. The van der Waals surface area contributed by atoms with Crippen LogP contribution in [0.2, 0.25) is 0 Å². The van der Waals surface area contributed by atoms with Crippen molar-refractivity contribution in [1.82, 2.24) is 15.0 Å². The molecule has 2 aromatic heterocycles. The summed E-state index contributed by atoms with van der Waals surface area (Å²) in [5, 5.41) is 9.92. The van der Waals surface area contributed by atoms with Gasteiger partial charge in [-0.05, 0) is 31.0 Å². The number of nitrogens with zero attached hydrogens (tertiary/aromatic N) is 3. The minimum Gasteiger partial charge on any atom is -0.493 e. The van der Waals surface area contributed by atoms with Gasteiger partial charge in [-0.25, -0.2) is 19.7 Å². The van der Waals surface area contributed by atoms with Crippen LogP contribution in [-0.4, -0.2) is 32.6 Å². The first-order chi connectivity index (χ1) is 12.5. The number of aromatic carboxylic acids is 1. The molecule has 0 aliphatic carbocycles. The van der Waals surface area contributed by atoms with Crippen LogP contribution >= 0.6 is 11.3 Å². The van der Waals surface area contributed by atoms with Crippen molar-refractivity contribution in [2.75, 3.05) is 6.61 Å². The molecule has 0 bridgehead atoms. The Labute approximate surface area is 155 Å². The highest BCUT2D eigenvalue weighted by molar-refractivity contribution is 7.17. The highest BCUT2D eigenvalue weighted by Gasteiger charge is 2.17. The number of benzene rings is 1. The average Bonchev–Trinajstić information content (AvgIpc) is 3.02. The van der Waals surface area contributed by atoms with E-state index < -0.39 is 5.97 Å². The Balaban J connectivity index is 2.06. The number of aromatic nitrogens is 3. The van der Waals surface area contributed by atoms with Crippen molar-refractivity contribution in [2.45, 2.75) is 20.8 Å². The highest BCUT2D eigenvalue weighted by Crippen LogP contribution is 2.36. The SMILES string of the molecule is Cc1nc(-c2ccc(OCC(C)C)c(-c3cncnc3)c2)sc1C(=O)O. The second kappa shape index (κ2) is 7.61. The second-order valence-corrected chi connectivity index (χ2v) is 7.28. The molecule has 0 aliphatic rings. The Morgan fingerprint density at radius 1 is 1.23 bits per heavy atom. The normalized spacial score (nSPS) is 10.9. The lowest BCUT2D eigenvalue weighted by molar-refractivity contribution is 0.0701. The lowest BCUT2D eigenvalue weighted by Gasteiger charge is -2.14. The molecule has 0 radical (unpaired) electrons. The first-order valence-electron chi connectivity index (χ1n) is 8.19. The van der Waals surface area contributed by atoms with Gasteiger partial charge in [0.1, 0.15) is 22.0 Å². The summed E-state index contributed by atoms with van der Waals surface area (Å²) in [4.78, 5) is 24.1. The lowest BCUT2D eigenvalue weighted by Crippen LogP contribution is -2.05. The summed E-state index contributed by atoms with van der Waals surface area (Å²) in [6, 6.07) is 5.72. The molecule has 0 unspecified atom stereocenters. The van der Waals surface area contributed by atoms with Crippen molar-refractivity contribution < 1.29 is 14.6 Å². The smallest absolute Gasteiger partial charge is 0.347 e. The molecule has 1 aromatic carbocycles. The standard InChI is InChI=1S/C19H19N3O3S/c1-11(2)9-25-16-5-4-13(6-15(16)14-7-20-10-21-8-14)18-22-12(3)17(26-18)19(23)24/h4-8,10-11H,9H2,1-3H3,(H,23,24). The van der Waals surface area contributed by atoms with E-state index in [1.807, 2.05) is 18.2 Å². The maximum Gasteiger partial charge on any atom is 0.347 e. The third-order valence-corrected chi connectivity index (χ3v) is 4.86. The molecular weight excluding hydrogens is 350 g/mol. The first-order valence-corrected chi connectivity index (χ1v) is 9.00. The van der Waals surface area contributed by atoms with E-state index in [0.29, 0.717) is 23.2 Å². The fourth-order valence-corrected chi connectivity index (χ4v) is 3.33. The summed E-state index contributed by atoms with van der Waals surface area (Å²) in [5.74, 6) is 0.179. The number of carboxylic acids is 1. The number of aryl methyl sites for hydroxylation is 1. The molecule has 6 nitrogen and oxygen atoms in total. The number of thiazole rings is 1. The molecule has 2 heterocycles. The molecule has 0 spiro atoms. The van der Waals surface area contributed by atoms with Crippen LogP contribution in [0.25, 0.3) is 21.7 Å². The van der Waals surface area contributed by atoms with Gasteiger partial charge in [-0.1, -0.05) is 13.8 Å². The Morgan fingerprint density at radius 2 is 1.96 bits per heavy atom. The molecular formula is C19H19N3O3S. The van der Waals surface area contributed by atoms with Crippen LogP contribution in [0.4, 0.5) is 0 Å². The number of hydrogen-bond acceptors (Lipinski definition) is 6. The van der Waals surface area contributed by atoms with Crippen LogP contribution in [0.3, 0.4) is 0 Å². The Hall–Kier alpha value is -2.80. The minimum atomic E-state index is -0.959. The van der Waals surface area contributed by atoms with Gasteiger partial charge in [0.2, 0.25) is 0 Å². The Kier molecular flexibility index (Phi) is 5.27. The van der Waals surface area contributed by atoms with E-state index in [-0.39, 0.29) is 4.88 Å². The van der Waals surface area contributed by atoms with E-state index in [4.69, 9.17) is 4.74 Å². The zero-order chi connectivity index (χ0) is 18.7. The number of carbonyl (C=O) groups is 1. The topological polar surface area (TPSA) is 85.2 Å². The van der Waals surface area contributed by atoms with Gasteiger partial charge < -0.3 is 9.84 Å². The number of rotatable bonds is 6. The Morgan fingerprint density at radius 3 is 2.58 bits per heavy atom. The van der Waals surface area contributed by atoms with Gasteiger partial charge in [-0.15, -0.1) is 11.3 Å². The van der Waals surface area contributed by atoms with E-state index in [2.05, 4.69) is 28.8 Å². The molecule has 0 amide bonds. The fourth-order valence-electron chi connectivity index (χ4n) is 2.43. The van der Waals surface area contributed by atoms with Crippen molar-refractivity contribution in [3.05, 3.63) is 47.5 Å². The van der Waals surface area contributed by atoms with Gasteiger partial charge >= 0.3 is 5.97 Å². The zero-order valence-corrected chi connectivity index (χ0v) is 15.6. The van der Waals surface area contributed by atoms with Crippen LogP contribution in [0, 0.1) is 12.8 Å². The van der Waals surface area contributed by atoms with E-state index in [1.165, 1.54) is 17.7 Å². The van der Waals surface area contributed by atoms with Gasteiger partial charge in [0, 0.05) is 29.1 Å². The number of carboxylic acid groups (broad SMARTS) is 1. The van der Waals surface area contributed by atoms with Crippen molar-refractivity contribution >= 4 is 17.3 Å². The molecule has 0 aliphatic heterocycles. The van der Waals surface area contributed by atoms with E-state index in [0.717, 1.165) is 22.4 Å². The summed E-state index contributed by atoms with van der Waals surface area (Å²) in [6.07, 6.45) is 4.93. The fraction of sp³-hybridized carbons (Fsp3) is 0.263. The molecule has 0 saturated heterocycles.